The van der Waals surface area contributed by atoms with Gasteiger partial charge in [0.25, 0.3) is 0 Å². The van der Waals surface area contributed by atoms with Gasteiger partial charge in [-0.25, -0.2) is 0 Å². The van der Waals surface area contributed by atoms with Gasteiger partial charge < -0.3 is 10.6 Å². The highest BCUT2D eigenvalue weighted by molar-refractivity contribution is 7.10. The van der Waals surface area contributed by atoms with Gasteiger partial charge >= 0.3 is 0 Å². The summed E-state index contributed by atoms with van der Waals surface area (Å²) in [5.74, 6) is 0.0128. The zero-order valence-corrected chi connectivity index (χ0v) is 11.9. The number of pyridine rings is 1. The van der Waals surface area contributed by atoms with Crippen molar-refractivity contribution in [2.24, 2.45) is 5.73 Å². The van der Waals surface area contributed by atoms with Gasteiger partial charge in [-0.1, -0.05) is 12.1 Å². The standard InChI is InChI=1S/C15H17N3OS/c16-14(13-4-2-8-20-13)15(19)18(12-5-6-12)10-11-3-1-7-17-9-11/h1-4,7-9,12,14H,5-6,10,16H2. The molecule has 20 heavy (non-hydrogen) atoms. The smallest absolute Gasteiger partial charge is 0.245 e. The minimum Gasteiger partial charge on any atom is -0.334 e. The summed E-state index contributed by atoms with van der Waals surface area (Å²) in [4.78, 5) is 19.5. The van der Waals surface area contributed by atoms with E-state index in [9.17, 15) is 4.79 Å². The summed E-state index contributed by atoms with van der Waals surface area (Å²) in [6.07, 6.45) is 5.69. The van der Waals surface area contributed by atoms with E-state index in [0.717, 1.165) is 23.3 Å². The molecule has 0 aliphatic heterocycles. The number of carbonyl (C=O) groups excluding carboxylic acids is 1. The van der Waals surface area contributed by atoms with Crippen LogP contribution in [0.2, 0.25) is 0 Å². The van der Waals surface area contributed by atoms with E-state index >= 15 is 0 Å². The van der Waals surface area contributed by atoms with Gasteiger partial charge in [-0.3, -0.25) is 9.78 Å². The minimum absolute atomic E-state index is 0.0128. The predicted octanol–water partition coefficient (Wildman–Crippen LogP) is 2.33. The molecule has 2 aromatic rings. The van der Waals surface area contributed by atoms with E-state index in [0.29, 0.717) is 12.6 Å². The molecule has 1 aliphatic rings. The predicted molar refractivity (Wildman–Crippen MR) is 79.1 cm³/mol. The average molecular weight is 287 g/mol. The largest absolute Gasteiger partial charge is 0.334 e. The Morgan fingerprint density at radius 3 is 2.90 bits per heavy atom. The zero-order chi connectivity index (χ0) is 13.9. The quantitative estimate of drug-likeness (QED) is 0.918. The molecule has 5 heteroatoms. The van der Waals surface area contributed by atoms with Crippen LogP contribution in [0.15, 0.2) is 42.0 Å². The lowest BCUT2D eigenvalue weighted by atomic mass is 10.2. The van der Waals surface area contributed by atoms with E-state index in [1.807, 2.05) is 34.5 Å². The molecule has 0 saturated heterocycles. The van der Waals surface area contributed by atoms with Crippen molar-refractivity contribution in [3.8, 4) is 0 Å². The summed E-state index contributed by atoms with van der Waals surface area (Å²) in [7, 11) is 0. The Morgan fingerprint density at radius 1 is 1.45 bits per heavy atom. The SMILES string of the molecule is NC(C(=O)N(Cc1cccnc1)C1CC1)c1cccs1. The maximum Gasteiger partial charge on any atom is 0.245 e. The fourth-order valence-corrected chi connectivity index (χ4v) is 2.95. The monoisotopic (exact) mass is 287 g/mol. The molecule has 0 aromatic carbocycles. The van der Waals surface area contributed by atoms with Crippen molar-refractivity contribution < 1.29 is 4.79 Å². The Kier molecular flexibility index (Phi) is 3.80. The Hall–Kier alpha value is -1.72. The van der Waals surface area contributed by atoms with Crippen molar-refractivity contribution in [2.45, 2.75) is 31.5 Å². The van der Waals surface area contributed by atoms with Gasteiger partial charge in [0.1, 0.15) is 6.04 Å². The summed E-state index contributed by atoms with van der Waals surface area (Å²) < 4.78 is 0. The molecule has 1 amide bonds. The molecule has 0 radical (unpaired) electrons. The summed E-state index contributed by atoms with van der Waals surface area (Å²) >= 11 is 1.53. The second-order valence-electron chi connectivity index (χ2n) is 5.05. The number of hydrogen-bond acceptors (Lipinski definition) is 4. The van der Waals surface area contributed by atoms with Crippen LogP contribution in [-0.2, 0) is 11.3 Å². The average Bonchev–Trinajstić information content (AvgIpc) is 3.18. The van der Waals surface area contributed by atoms with E-state index in [1.165, 1.54) is 11.3 Å². The van der Waals surface area contributed by atoms with Gasteiger partial charge in [-0.15, -0.1) is 11.3 Å². The van der Waals surface area contributed by atoms with Crippen LogP contribution in [-0.4, -0.2) is 21.8 Å². The summed E-state index contributed by atoms with van der Waals surface area (Å²) in [6, 6.07) is 7.52. The van der Waals surface area contributed by atoms with Crippen LogP contribution in [0.4, 0.5) is 0 Å². The van der Waals surface area contributed by atoms with Gasteiger partial charge in [-0.2, -0.15) is 0 Å². The van der Waals surface area contributed by atoms with E-state index in [2.05, 4.69) is 4.98 Å². The van der Waals surface area contributed by atoms with Gasteiger partial charge in [0.05, 0.1) is 0 Å². The molecule has 2 N–H and O–H groups in total. The van der Waals surface area contributed by atoms with Crippen molar-refractivity contribution in [3.63, 3.8) is 0 Å². The molecule has 2 heterocycles. The van der Waals surface area contributed by atoms with Gasteiger partial charge in [0.2, 0.25) is 5.91 Å². The fourth-order valence-electron chi connectivity index (χ4n) is 2.23. The molecule has 1 atom stereocenters. The van der Waals surface area contributed by atoms with Gasteiger partial charge in [-0.05, 0) is 35.9 Å². The number of thiophene rings is 1. The van der Waals surface area contributed by atoms with Crippen molar-refractivity contribution >= 4 is 17.2 Å². The number of nitrogens with two attached hydrogens (primary N) is 1. The highest BCUT2D eigenvalue weighted by atomic mass is 32.1. The molecule has 3 rings (SSSR count). The van der Waals surface area contributed by atoms with Crippen LogP contribution in [0.3, 0.4) is 0 Å². The lowest BCUT2D eigenvalue weighted by Crippen LogP contribution is -2.39. The first-order valence-corrected chi connectivity index (χ1v) is 7.62. The first-order valence-electron chi connectivity index (χ1n) is 6.74. The fraction of sp³-hybridized carbons (Fsp3) is 0.333. The van der Waals surface area contributed by atoms with Crippen LogP contribution in [0.5, 0.6) is 0 Å². The van der Waals surface area contributed by atoms with E-state index in [1.54, 1.807) is 12.4 Å². The van der Waals surface area contributed by atoms with Crippen molar-refractivity contribution in [2.75, 3.05) is 0 Å². The Bertz CT molecular complexity index is 566. The van der Waals surface area contributed by atoms with E-state index in [-0.39, 0.29) is 5.91 Å². The summed E-state index contributed by atoms with van der Waals surface area (Å²) in [5, 5.41) is 1.95. The normalized spacial score (nSPS) is 15.8. The van der Waals surface area contributed by atoms with E-state index < -0.39 is 6.04 Å². The lowest BCUT2D eigenvalue weighted by molar-refractivity contribution is -0.133. The molecule has 0 spiro atoms. The van der Waals surface area contributed by atoms with Crippen LogP contribution >= 0.6 is 11.3 Å². The number of rotatable bonds is 5. The van der Waals surface area contributed by atoms with E-state index in [4.69, 9.17) is 5.73 Å². The second kappa shape index (κ2) is 5.73. The van der Waals surface area contributed by atoms with Crippen LogP contribution in [0.1, 0.15) is 29.3 Å². The molecule has 1 aliphatic carbocycles. The number of carbonyl (C=O) groups is 1. The number of amides is 1. The topological polar surface area (TPSA) is 59.2 Å². The zero-order valence-electron chi connectivity index (χ0n) is 11.1. The summed E-state index contributed by atoms with van der Waals surface area (Å²) in [6.45, 7) is 0.594. The van der Waals surface area contributed by atoms with Crippen LogP contribution < -0.4 is 5.73 Å². The van der Waals surface area contributed by atoms with Crippen molar-refractivity contribution in [3.05, 3.63) is 52.5 Å². The highest BCUT2D eigenvalue weighted by Gasteiger charge is 2.35. The Labute approximate surface area is 122 Å². The first kappa shape index (κ1) is 13.3. The van der Waals surface area contributed by atoms with Gasteiger partial charge in [0.15, 0.2) is 0 Å². The third kappa shape index (κ3) is 2.89. The Balaban J connectivity index is 1.75. The summed E-state index contributed by atoms with van der Waals surface area (Å²) in [5.41, 5.74) is 7.15. The number of nitrogens with zero attached hydrogens (tertiary/aromatic N) is 2. The first-order chi connectivity index (χ1) is 9.75. The molecular formula is C15H17N3OS. The Morgan fingerprint density at radius 2 is 2.30 bits per heavy atom. The molecule has 4 nitrogen and oxygen atoms in total. The van der Waals surface area contributed by atoms with Crippen molar-refractivity contribution in [1.82, 2.24) is 9.88 Å². The number of hydrogen-bond donors (Lipinski definition) is 1. The third-order valence-corrected chi connectivity index (χ3v) is 4.42. The molecular weight excluding hydrogens is 270 g/mol. The van der Waals surface area contributed by atoms with Crippen molar-refractivity contribution in [1.29, 1.82) is 0 Å². The maximum atomic E-state index is 12.6. The lowest BCUT2D eigenvalue weighted by Gasteiger charge is -2.25. The molecule has 1 saturated carbocycles. The molecule has 1 unspecified atom stereocenters. The number of aromatic nitrogens is 1. The second-order valence-corrected chi connectivity index (χ2v) is 6.03. The molecule has 0 bridgehead atoms. The van der Waals surface area contributed by atoms with Gasteiger partial charge in [0, 0.05) is 29.9 Å². The highest BCUT2D eigenvalue weighted by Crippen LogP contribution is 2.31. The maximum absolute atomic E-state index is 12.6. The molecule has 1 fully saturated rings. The van der Waals surface area contributed by atoms with Crippen LogP contribution in [0, 0.1) is 0 Å². The molecule has 2 aromatic heterocycles. The molecule has 104 valence electrons. The minimum atomic E-state index is -0.549. The van der Waals surface area contributed by atoms with Crippen LogP contribution in [0.25, 0.3) is 0 Å². The third-order valence-electron chi connectivity index (χ3n) is 3.46.